The van der Waals surface area contributed by atoms with Gasteiger partial charge in [0.1, 0.15) is 0 Å². The van der Waals surface area contributed by atoms with Crippen LogP contribution in [0.3, 0.4) is 0 Å². The first kappa shape index (κ1) is 14.6. The second-order valence-corrected chi connectivity index (χ2v) is 5.68. The van der Waals surface area contributed by atoms with Crippen molar-refractivity contribution in [3.63, 3.8) is 0 Å². The Morgan fingerprint density at radius 3 is 2.89 bits per heavy atom. The van der Waals surface area contributed by atoms with Crippen LogP contribution >= 0.6 is 0 Å². The van der Waals surface area contributed by atoms with Crippen LogP contribution in [0.1, 0.15) is 20.3 Å². The van der Waals surface area contributed by atoms with Crippen LogP contribution in [0.5, 0.6) is 0 Å². The summed E-state index contributed by atoms with van der Waals surface area (Å²) in [5, 5.41) is 11.7. The van der Waals surface area contributed by atoms with E-state index in [9.17, 15) is 13.6 Å². The Morgan fingerprint density at radius 2 is 2.26 bits per heavy atom. The molecule has 0 aliphatic carbocycles. The lowest BCUT2D eigenvalue weighted by Gasteiger charge is -2.29. The van der Waals surface area contributed by atoms with Gasteiger partial charge in [0.2, 0.25) is 0 Å². The minimum atomic E-state index is -2.72. The number of carboxylic acids is 1. The standard InChI is InChI=1S/C12H20F2N2O3/c1-11(2,10(17)18)19-6-5-16-4-3-8-9(16)12(13,14)7-15-8/h8-9,15H,3-7H2,1-2H3,(H,17,18). The molecule has 0 radical (unpaired) electrons. The number of alkyl halides is 2. The summed E-state index contributed by atoms with van der Waals surface area (Å²) in [7, 11) is 0. The van der Waals surface area contributed by atoms with Crippen molar-refractivity contribution in [3.05, 3.63) is 0 Å². The third-order valence-corrected chi connectivity index (χ3v) is 3.89. The van der Waals surface area contributed by atoms with Crippen molar-refractivity contribution in [2.45, 2.75) is 43.9 Å². The zero-order valence-electron chi connectivity index (χ0n) is 11.2. The molecule has 2 N–H and O–H groups in total. The van der Waals surface area contributed by atoms with Crippen molar-refractivity contribution < 1.29 is 23.4 Å². The SMILES string of the molecule is CC(C)(OCCN1CCC2NCC(F)(F)C21)C(=O)O. The van der Waals surface area contributed by atoms with Gasteiger partial charge in [0.15, 0.2) is 5.60 Å². The number of carboxylic acid groups (broad SMARTS) is 1. The van der Waals surface area contributed by atoms with Crippen LogP contribution in [-0.4, -0.2) is 65.8 Å². The highest BCUT2D eigenvalue weighted by Crippen LogP contribution is 2.35. The van der Waals surface area contributed by atoms with Crippen LogP contribution < -0.4 is 5.32 Å². The number of nitrogens with one attached hydrogen (secondary N) is 1. The molecule has 2 aliphatic heterocycles. The number of rotatable bonds is 5. The summed E-state index contributed by atoms with van der Waals surface area (Å²) in [6.45, 7) is 3.69. The van der Waals surface area contributed by atoms with Crippen LogP contribution in [-0.2, 0) is 9.53 Å². The summed E-state index contributed by atoms with van der Waals surface area (Å²) in [6.07, 6.45) is 0.697. The van der Waals surface area contributed by atoms with E-state index in [4.69, 9.17) is 9.84 Å². The zero-order valence-corrected chi connectivity index (χ0v) is 11.2. The van der Waals surface area contributed by atoms with E-state index in [1.54, 1.807) is 4.90 Å². The van der Waals surface area contributed by atoms with Gasteiger partial charge in [-0.15, -0.1) is 0 Å². The highest BCUT2D eigenvalue weighted by molar-refractivity contribution is 5.76. The number of likely N-dealkylation sites (tertiary alicyclic amines) is 1. The Bertz CT molecular complexity index is 363. The number of aliphatic carboxylic acids is 1. The van der Waals surface area contributed by atoms with Gasteiger partial charge >= 0.3 is 5.97 Å². The van der Waals surface area contributed by atoms with Gasteiger partial charge < -0.3 is 15.2 Å². The topological polar surface area (TPSA) is 61.8 Å². The number of carbonyl (C=O) groups is 1. The third kappa shape index (κ3) is 2.88. The Morgan fingerprint density at radius 1 is 1.58 bits per heavy atom. The molecule has 0 saturated carbocycles. The van der Waals surface area contributed by atoms with E-state index >= 15 is 0 Å². The fraction of sp³-hybridized carbons (Fsp3) is 0.917. The second kappa shape index (κ2) is 4.96. The van der Waals surface area contributed by atoms with Crippen molar-refractivity contribution in [2.75, 3.05) is 26.2 Å². The van der Waals surface area contributed by atoms with Gasteiger partial charge in [-0.05, 0) is 20.3 Å². The van der Waals surface area contributed by atoms with Crippen molar-refractivity contribution in [2.24, 2.45) is 0 Å². The Labute approximate surface area is 110 Å². The average molecular weight is 278 g/mol. The summed E-state index contributed by atoms with van der Waals surface area (Å²) < 4.78 is 32.7. The summed E-state index contributed by atoms with van der Waals surface area (Å²) in [4.78, 5) is 12.6. The monoisotopic (exact) mass is 278 g/mol. The fourth-order valence-corrected chi connectivity index (χ4v) is 2.73. The predicted molar refractivity (Wildman–Crippen MR) is 64.4 cm³/mol. The molecule has 2 rings (SSSR count). The molecule has 0 aromatic rings. The van der Waals surface area contributed by atoms with Crippen LogP contribution in [0.15, 0.2) is 0 Å². The molecule has 19 heavy (non-hydrogen) atoms. The van der Waals surface area contributed by atoms with Crippen LogP contribution in [0.4, 0.5) is 8.78 Å². The number of nitrogens with zero attached hydrogens (tertiary/aromatic N) is 1. The molecule has 2 unspecified atom stereocenters. The van der Waals surface area contributed by atoms with Gasteiger partial charge in [-0.3, -0.25) is 4.90 Å². The van der Waals surface area contributed by atoms with Crippen molar-refractivity contribution in [1.82, 2.24) is 10.2 Å². The van der Waals surface area contributed by atoms with Crippen LogP contribution in [0.25, 0.3) is 0 Å². The maximum atomic E-state index is 13.7. The van der Waals surface area contributed by atoms with Crippen molar-refractivity contribution in [1.29, 1.82) is 0 Å². The molecule has 2 aliphatic rings. The van der Waals surface area contributed by atoms with E-state index in [1.165, 1.54) is 13.8 Å². The largest absolute Gasteiger partial charge is 0.479 e. The van der Waals surface area contributed by atoms with Crippen LogP contribution in [0, 0.1) is 0 Å². The third-order valence-electron chi connectivity index (χ3n) is 3.89. The summed E-state index contributed by atoms with van der Waals surface area (Å²) in [5.41, 5.74) is -1.28. The summed E-state index contributed by atoms with van der Waals surface area (Å²) in [5.74, 6) is -3.77. The highest BCUT2D eigenvalue weighted by atomic mass is 19.3. The molecule has 0 bridgehead atoms. The second-order valence-electron chi connectivity index (χ2n) is 5.68. The van der Waals surface area contributed by atoms with Crippen LogP contribution in [0.2, 0.25) is 0 Å². The molecule has 5 nitrogen and oxygen atoms in total. The highest BCUT2D eigenvalue weighted by Gasteiger charge is 2.55. The first-order valence-electron chi connectivity index (χ1n) is 6.47. The Balaban J connectivity index is 1.86. The average Bonchev–Trinajstić information content (AvgIpc) is 2.81. The molecule has 0 aromatic carbocycles. The molecule has 7 heteroatoms. The molecule has 0 aromatic heterocycles. The molecule has 0 spiro atoms. The molecule has 2 atom stereocenters. The first-order chi connectivity index (χ1) is 8.74. The van der Waals surface area contributed by atoms with E-state index in [-0.39, 0.29) is 19.2 Å². The molecular weight excluding hydrogens is 258 g/mol. The quantitative estimate of drug-likeness (QED) is 0.769. The van der Waals surface area contributed by atoms with Gasteiger partial charge in [0.05, 0.1) is 19.2 Å². The molecule has 2 fully saturated rings. The number of ether oxygens (including phenoxy) is 1. The van der Waals surface area contributed by atoms with E-state index in [0.29, 0.717) is 19.5 Å². The maximum absolute atomic E-state index is 13.7. The van der Waals surface area contributed by atoms with Crippen molar-refractivity contribution in [3.8, 4) is 0 Å². The van der Waals surface area contributed by atoms with E-state index in [1.807, 2.05) is 0 Å². The minimum absolute atomic E-state index is 0.137. The van der Waals surface area contributed by atoms with Crippen molar-refractivity contribution >= 4 is 5.97 Å². The number of halogens is 2. The summed E-state index contributed by atoms with van der Waals surface area (Å²) >= 11 is 0. The molecule has 110 valence electrons. The lowest BCUT2D eigenvalue weighted by molar-refractivity contribution is -0.162. The Hall–Kier alpha value is -0.790. The van der Waals surface area contributed by atoms with E-state index < -0.39 is 23.5 Å². The van der Waals surface area contributed by atoms with Gasteiger partial charge in [-0.1, -0.05) is 0 Å². The Kier molecular flexibility index (Phi) is 3.81. The van der Waals surface area contributed by atoms with Gasteiger partial charge in [-0.2, -0.15) is 0 Å². The smallest absolute Gasteiger partial charge is 0.335 e. The lowest BCUT2D eigenvalue weighted by atomic mass is 10.1. The van der Waals surface area contributed by atoms with E-state index in [0.717, 1.165) is 0 Å². The number of hydrogen-bond donors (Lipinski definition) is 2. The zero-order chi connectivity index (χ0) is 14.3. The summed E-state index contributed by atoms with van der Waals surface area (Å²) in [6, 6.07) is -0.952. The van der Waals surface area contributed by atoms with E-state index in [2.05, 4.69) is 5.32 Å². The van der Waals surface area contributed by atoms with Gasteiger partial charge in [-0.25, -0.2) is 13.6 Å². The lowest BCUT2D eigenvalue weighted by Crippen LogP contribution is -2.47. The minimum Gasteiger partial charge on any atom is -0.479 e. The maximum Gasteiger partial charge on any atom is 0.335 e. The molecule has 2 heterocycles. The molecule has 2 saturated heterocycles. The predicted octanol–water partition coefficient (Wildman–Crippen LogP) is 0.548. The number of fused-ring (bicyclic) bond motifs is 1. The normalized spacial score (nSPS) is 30.5. The fourth-order valence-electron chi connectivity index (χ4n) is 2.73. The first-order valence-corrected chi connectivity index (χ1v) is 6.47. The molecule has 0 amide bonds. The van der Waals surface area contributed by atoms with Gasteiger partial charge in [0.25, 0.3) is 5.92 Å². The number of hydrogen-bond acceptors (Lipinski definition) is 4. The molecular formula is C12H20F2N2O3. The van der Waals surface area contributed by atoms with Gasteiger partial charge in [0, 0.05) is 19.1 Å².